The van der Waals surface area contributed by atoms with Gasteiger partial charge in [0.1, 0.15) is 0 Å². The first-order valence-corrected chi connectivity index (χ1v) is 8.72. The van der Waals surface area contributed by atoms with Crippen molar-refractivity contribution in [3.8, 4) is 0 Å². The highest BCUT2D eigenvalue weighted by Gasteiger charge is 2.38. The Balaban J connectivity index is 1.65. The Kier molecular flexibility index (Phi) is 4.97. The van der Waals surface area contributed by atoms with Crippen LogP contribution in [-0.4, -0.2) is 24.3 Å². The van der Waals surface area contributed by atoms with Crippen molar-refractivity contribution < 1.29 is 5.11 Å². The fourth-order valence-electron chi connectivity index (χ4n) is 4.42. The maximum absolute atomic E-state index is 9.16. The van der Waals surface area contributed by atoms with Crippen LogP contribution in [0.2, 0.25) is 0 Å². The van der Waals surface area contributed by atoms with Gasteiger partial charge in [-0.1, -0.05) is 37.6 Å². The quantitative estimate of drug-likeness (QED) is 0.842. The molecule has 0 saturated heterocycles. The number of aliphatic hydroxyl groups excluding tert-OH is 1. The molecular formula is C19H29NO. The minimum absolute atomic E-state index is 0.323. The number of rotatable bonds is 6. The number of benzene rings is 1. The average Bonchev–Trinajstić information content (AvgIpc) is 2.78. The second kappa shape index (κ2) is 6.93. The van der Waals surface area contributed by atoms with Crippen molar-refractivity contribution in [3.63, 3.8) is 0 Å². The van der Waals surface area contributed by atoms with Gasteiger partial charge in [0, 0.05) is 12.6 Å². The molecule has 2 heteroatoms. The maximum Gasteiger partial charge on any atom is 0.0434 e. The summed E-state index contributed by atoms with van der Waals surface area (Å²) in [5.41, 5.74) is 3.16. The molecule has 2 nitrogen and oxygen atoms in total. The molecule has 21 heavy (non-hydrogen) atoms. The van der Waals surface area contributed by atoms with E-state index < -0.39 is 0 Å². The van der Waals surface area contributed by atoms with Crippen molar-refractivity contribution in [2.45, 2.75) is 51.5 Å². The molecule has 0 heterocycles. The van der Waals surface area contributed by atoms with E-state index in [1.807, 2.05) is 0 Å². The van der Waals surface area contributed by atoms with Gasteiger partial charge in [0.05, 0.1) is 0 Å². The molecule has 1 saturated carbocycles. The van der Waals surface area contributed by atoms with Crippen LogP contribution in [0.5, 0.6) is 0 Å². The van der Waals surface area contributed by atoms with E-state index in [4.69, 9.17) is 5.11 Å². The third-order valence-corrected chi connectivity index (χ3v) is 5.76. The highest BCUT2D eigenvalue weighted by molar-refractivity contribution is 5.30. The summed E-state index contributed by atoms with van der Waals surface area (Å²) >= 11 is 0. The molecule has 0 radical (unpaired) electrons. The second-order valence-corrected chi connectivity index (χ2v) is 7.00. The molecule has 1 fully saturated rings. The third kappa shape index (κ3) is 3.32. The van der Waals surface area contributed by atoms with Gasteiger partial charge in [-0.15, -0.1) is 0 Å². The molecule has 0 amide bonds. The van der Waals surface area contributed by atoms with E-state index >= 15 is 0 Å². The molecule has 3 atom stereocenters. The van der Waals surface area contributed by atoms with Crippen molar-refractivity contribution in [1.82, 2.24) is 5.32 Å². The predicted molar refractivity (Wildman–Crippen MR) is 87.3 cm³/mol. The molecule has 1 aromatic carbocycles. The fourth-order valence-corrected chi connectivity index (χ4v) is 4.42. The Hall–Kier alpha value is -0.860. The summed E-state index contributed by atoms with van der Waals surface area (Å²) in [4.78, 5) is 0. The lowest BCUT2D eigenvalue weighted by Crippen LogP contribution is -2.40. The number of fused-ring (bicyclic) bond motifs is 3. The standard InChI is InChI=1S/C19H29NO/c1-2-14(9-10-21)13-20-19-17-7-8-18(19)12-16-6-4-3-5-15(16)11-17/h3-6,14,17-21H,2,7-13H2,1H3. The first kappa shape index (κ1) is 15.1. The molecule has 3 unspecified atom stereocenters. The third-order valence-electron chi connectivity index (χ3n) is 5.76. The van der Waals surface area contributed by atoms with Gasteiger partial charge in [0.25, 0.3) is 0 Å². The van der Waals surface area contributed by atoms with E-state index in [1.54, 1.807) is 11.1 Å². The molecule has 0 spiro atoms. The monoisotopic (exact) mass is 287 g/mol. The zero-order valence-corrected chi connectivity index (χ0v) is 13.2. The van der Waals surface area contributed by atoms with Gasteiger partial charge < -0.3 is 10.4 Å². The Morgan fingerprint density at radius 2 is 1.76 bits per heavy atom. The molecule has 0 aromatic heterocycles. The minimum Gasteiger partial charge on any atom is -0.396 e. The van der Waals surface area contributed by atoms with Gasteiger partial charge in [0.2, 0.25) is 0 Å². The van der Waals surface area contributed by atoms with Crippen LogP contribution in [0.3, 0.4) is 0 Å². The highest BCUT2D eigenvalue weighted by atomic mass is 16.3. The minimum atomic E-state index is 0.323. The summed E-state index contributed by atoms with van der Waals surface area (Å²) in [5, 5.41) is 13.0. The first-order chi connectivity index (χ1) is 10.3. The van der Waals surface area contributed by atoms with E-state index in [0.29, 0.717) is 18.6 Å². The first-order valence-electron chi connectivity index (χ1n) is 8.72. The summed E-state index contributed by atoms with van der Waals surface area (Å²) in [5.74, 6) is 2.25. The van der Waals surface area contributed by atoms with E-state index in [-0.39, 0.29) is 0 Å². The lowest BCUT2D eigenvalue weighted by atomic mass is 9.94. The lowest BCUT2D eigenvalue weighted by molar-refractivity contribution is 0.239. The summed E-state index contributed by atoms with van der Waals surface area (Å²) in [6.45, 7) is 3.63. The van der Waals surface area contributed by atoms with Crippen molar-refractivity contribution >= 4 is 0 Å². The summed E-state index contributed by atoms with van der Waals surface area (Å²) in [6.07, 6.45) is 7.37. The Labute approximate surface area is 129 Å². The Bertz CT molecular complexity index is 426. The fraction of sp³-hybridized carbons (Fsp3) is 0.684. The van der Waals surface area contributed by atoms with Gasteiger partial charge >= 0.3 is 0 Å². The Morgan fingerprint density at radius 3 is 2.29 bits per heavy atom. The number of hydrogen-bond acceptors (Lipinski definition) is 2. The van der Waals surface area contributed by atoms with Crippen LogP contribution in [0.15, 0.2) is 24.3 Å². The number of aliphatic hydroxyl groups is 1. The van der Waals surface area contributed by atoms with Crippen molar-refractivity contribution in [3.05, 3.63) is 35.4 Å². The van der Waals surface area contributed by atoms with E-state index in [2.05, 4.69) is 36.5 Å². The predicted octanol–water partition coefficient (Wildman–Crippen LogP) is 3.18. The van der Waals surface area contributed by atoms with Gasteiger partial charge in [-0.2, -0.15) is 0 Å². The van der Waals surface area contributed by atoms with Crippen LogP contribution in [0.4, 0.5) is 0 Å². The van der Waals surface area contributed by atoms with Crippen LogP contribution in [-0.2, 0) is 12.8 Å². The van der Waals surface area contributed by atoms with Crippen LogP contribution in [0.25, 0.3) is 0 Å². The zero-order valence-electron chi connectivity index (χ0n) is 13.2. The summed E-state index contributed by atoms with van der Waals surface area (Å²) < 4.78 is 0. The molecule has 2 aliphatic carbocycles. The number of hydrogen-bond donors (Lipinski definition) is 2. The van der Waals surface area contributed by atoms with Gasteiger partial charge in [0.15, 0.2) is 0 Å². The molecule has 2 bridgehead atoms. The van der Waals surface area contributed by atoms with Crippen LogP contribution >= 0.6 is 0 Å². The smallest absolute Gasteiger partial charge is 0.0434 e. The molecule has 2 aliphatic rings. The van der Waals surface area contributed by atoms with E-state index in [0.717, 1.165) is 31.2 Å². The highest BCUT2D eigenvalue weighted by Crippen LogP contribution is 2.40. The van der Waals surface area contributed by atoms with Crippen LogP contribution in [0.1, 0.15) is 43.7 Å². The molecule has 0 aliphatic heterocycles. The van der Waals surface area contributed by atoms with Crippen molar-refractivity contribution in [1.29, 1.82) is 0 Å². The van der Waals surface area contributed by atoms with Crippen molar-refractivity contribution in [2.24, 2.45) is 17.8 Å². The second-order valence-electron chi connectivity index (χ2n) is 7.00. The SMILES string of the molecule is CCC(CCO)CNC1C2CCC1Cc1ccccc1C2. The van der Waals surface area contributed by atoms with E-state index in [9.17, 15) is 0 Å². The topological polar surface area (TPSA) is 32.3 Å². The van der Waals surface area contributed by atoms with Gasteiger partial charge in [-0.05, 0) is 67.5 Å². The normalized spacial score (nSPS) is 29.0. The molecule has 1 aromatic rings. The zero-order chi connectivity index (χ0) is 14.7. The molecular weight excluding hydrogens is 258 g/mol. The largest absolute Gasteiger partial charge is 0.396 e. The summed E-state index contributed by atoms with van der Waals surface area (Å²) in [7, 11) is 0. The molecule has 2 N–H and O–H groups in total. The van der Waals surface area contributed by atoms with Gasteiger partial charge in [-0.3, -0.25) is 0 Å². The van der Waals surface area contributed by atoms with Crippen LogP contribution < -0.4 is 5.32 Å². The molecule has 3 rings (SSSR count). The lowest BCUT2D eigenvalue weighted by Gasteiger charge is -2.26. The maximum atomic E-state index is 9.16. The summed E-state index contributed by atoms with van der Waals surface area (Å²) in [6, 6.07) is 9.72. The van der Waals surface area contributed by atoms with Gasteiger partial charge in [-0.25, -0.2) is 0 Å². The van der Waals surface area contributed by atoms with Crippen molar-refractivity contribution in [2.75, 3.05) is 13.2 Å². The molecule has 116 valence electrons. The van der Waals surface area contributed by atoms with E-state index in [1.165, 1.54) is 25.7 Å². The van der Waals surface area contributed by atoms with Crippen LogP contribution in [0, 0.1) is 17.8 Å². The average molecular weight is 287 g/mol. The Morgan fingerprint density at radius 1 is 1.14 bits per heavy atom. The number of nitrogens with one attached hydrogen (secondary N) is 1.